The Morgan fingerprint density at radius 2 is 1.22 bits per heavy atom. The van der Waals surface area contributed by atoms with Crippen molar-refractivity contribution in [1.82, 2.24) is 10.2 Å². The average molecular weight is 230 g/mol. The van der Waals surface area contributed by atoms with Gasteiger partial charge in [0.2, 0.25) is 0 Å². The minimum atomic E-state index is 1.13. The van der Waals surface area contributed by atoms with E-state index in [1.165, 1.54) is 21.5 Å². The van der Waals surface area contributed by atoms with E-state index in [0.29, 0.717) is 0 Å². The lowest BCUT2D eigenvalue weighted by atomic mass is 9.99. The van der Waals surface area contributed by atoms with Crippen LogP contribution in [0.1, 0.15) is 0 Å². The molecule has 2 nitrogen and oxygen atoms in total. The smallest absolute Gasteiger partial charge is 0.0580 e. The molecule has 0 spiro atoms. The number of hydrogen-bond donors (Lipinski definition) is 0. The molecule has 0 unspecified atom stereocenters. The highest BCUT2D eigenvalue weighted by molar-refractivity contribution is 6.16. The highest BCUT2D eigenvalue weighted by atomic mass is 15.1. The molecule has 0 aliphatic heterocycles. The second-order valence-electron chi connectivity index (χ2n) is 4.44. The minimum Gasteiger partial charge on any atom is -0.158 e. The molecule has 0 radical (unpaired) electrons. The molecule has 0 bridgehead atoms. The maximum Gasteiger partial charge on any atom is 0.0580 e. The van der Waals surface area contributed by atoms with Gasteiger partial charge in [-0.05, 0) is 21.5 Å². The lowest BCUT2D eigenvalue weighted by molar-refractivity contribution is 1.05. The maximum atomic E-state index is 3.99. The van der Waals surface area contributed by atoms with Crippen LogP contribution in [-0.4, -0.2) is 10.2 Å². The fourth-order valence-corrected chi connectivity index (χ4v) is 2.57. The van der Waals surface area contributed by atoms with Gasteiger partial charge in [-0.2, -0.15) is 10.2 Å². The molecule has 0 N–H and O–H groups in total. The molecule has 4 rings (SSSR count). The second-order valence-corrected chi connectivity index (χ2v) is 4.44. The third kappa shape index (κ3) is 1.23. The van der Waals surface area contributed by atoms with E-state index >= 15 is 0 Å². The van der Waals surface area contributed by atoms with Gasteiger partial charge in [0.05, 0.1) is 12.4 Å². The van der Waals surface area contributed by atoms with Gasteiger partial charge in [-0.3, -0.25) is 0 Å². The van der Waals surface area contributed by atoms with E-state index in [-0.39, 0.29) is 0 Å². The van der Waals surface area contributed by atoms with E-state index in [0.717, 1.165) is 10.8 Å². The summed E-state index contributed by atoms with van der Waals surface area (Å²) in [5.74, 6) is 0. The molecule has 0 aliphatic rings. The Morgan fingerprint density at radius 3 is 2.17 bits per heavy atom. The van der Waals surface area contributed by atoms with Crippen LogP contribution in [-0.2, 0) is 0 Å². The van der Waals surface area contributed by atoms with E-state index in [2.05, 4.69) is 58.7 Å². The van der Waals surface area contributed by atoms with E-state index in [1.54, 1.807) is 0 Å². The van der Waals surface area contributed by atoms with Crippen LogP contribution >= 0.6 is 0 Å². The predicted octanol–water partition coefficient (Wildman–Crippen LogP) is 3.94. The third-order valence-electron chi connectivity index (χ3n) is 3.45. The second kappa shape index (κ2) is 3.50. The van der Waals surface area contributed by atoms with E-state index in [4.69, 9.17) is 0 Å². The quantitative estimate of drug-likeness (QED) is 0.428. The molecule has 0 saturated heterocycles. The number of benzene rings is 3. The largest absolute Gasteiger partial charge is 0.158 e. The first-order chi connectivity index (χ1) is 8.93. The molecule has 1 aromatic heterocycles. The Hall–Kier alpha value is -2.48. The fourth-order valence-electron chi connectivity index (χ4n) is 2.57. The molecule has 2 heteroatoms. The zero-order chi connectivity index (χ0) is 11.9. The molecule has 4 aromatic rings. The van der Waals surface area contributed by atoms with Gasteiger partial charge in [0, 0.05) is 10.8 Å². The van der Waals surface area contributed by atoms with E-state index in [9.17, 15) is 0 Å². The summed E-state index contributed by atoms with van der Waals surface area (Å²) < 4.78 is 0. The molecule has 84 valence electrons. The van der Waals surface area contributed by atoms with Crippen molar-refractivity contribution in [3.8, 4) is 0 Å². The van der Waals surface area contributed by atoms with Crippen molar-refractivity contribution in [2.75, 3.05) is 0 Å². The molecule has 0 fully saturated rings. The molecule has 3 aromatic carbocycles. The summed E-state index contributed by atoms with van der Waals surface area (Å²) in [4.78, 5) is 0. The number of aromatic nitrogens is 2. The van der Waals surface area contributed by atoms with Crippen molar-refractivity contribution in [2.45, 2.75) is 0 Å². The molecular weight excluding hydrogens is 220 g/mol. The molecule has 1 heterocycles. The minimum absolute atomic E-state index is 1.13. The topological polar surface area (TPSA) is 25.8 Å². The lowest BCUT2D eigenvalue weighted by Gasteiger charge is -2.06. The van der Waals surface area contributed by atoms with Gasteiger partial charge in [-0.1, -0.05) is 48.5 Å². The van der Waals surface area contributed by atoms with Crippen LogP contribution in [0.4, 0.5) is 0 Å². The molecule has 0 amide bonds. The fraction of sp³-hybridized carbons (Fsp3) is 0. The molecule has 0 atom stereocenters. The Labute approximate surface area is 104 Å². The highest BCUT2D eigenvalue weighted by Gasteiger charge is 2.03. The van der Waals surface area contributed by atoms with Gasteiger partial charge in [-0.25, -0.2) is 0 Å². The Kier molecular flexibility index (Phi) is 1.86. The molecular formula is C16H10N2. The van der Waals surface area contributed by atoms with Crippen LogP contribution in [0.15, 0.2) is 60.9 Å². The Morgan fingerprint density at radius 1 is 0.500 bits per heavy atom. The summed E-state index contributed by atoms with van der Waals surface area (Å²) in [7, 11) is 0. The third-order valence-corrected chi connectivity index (χ3v) is 3.45. The number of fused-ring (bicyclic) bond motifs is 5. The van der Waals surface area contributed by atoms with Crippen molar-refractivity contribution in [3.63, 3.8) is 0 Å². The maximum absolute atomic E-state index is 3.99. The van der Waals surface area contributed by atoms with Crippen LogP contribution < -0.4 is 0 Å². The van der Waals surface area contributed by atoms with Crippen LogP contribution in [0.25, 0.3) is 32.3 Å². The van der Waals surface area contributed by atoms with E-state index in [1.807, 2.05) is 12.4 Å². The predicted molar refractivity (Wildman–Crippen MR) is 74.6 cm³/mol. The molecule has 0 saturated carbocycles. The van der Waals surface area contributed by atoms with Crippen molar-refractivity contribution in [1.29, 1.82) is 0 Å². The Bertz CT molecular complexity index is 806. The normalized spacial score (nSPS) is 11.3. The standard InChI is InChI=1S/C16H10N2/c1-2-4-13-11(3-1)5-7-15-14(13)8-6-12-9-17-18-10-16(12)15/h1-10H. The summed E-state index contributed by atoms with van der Waals surface area (Å²) in [6.07, 6.45) is 3.65. The van der Waals surface area contributed by atoms with Gasteiger partial charge < -0.3 is 0 Å². The summed E-state index contributed by atoms with van der Waals surface area (Å²) in [5, 5.41) is 15.3. The van der Waals surface area contributed by atoms with Gasteiger partial charge in [0.1, 0.15) is 0 Å². The Balaban J connectivity index is 2.31. The zero-order valence-corrected chi connectivity index (χ0v) is 9.67. The monoisotopic (exact) mass is 230 g/mol. The van der Waals surface area contributed by atoms with Gasteiger partial charge in [0.25, 0.3) is 0 Å². The van der Waals surface area contributed by atoms with Crippen molar-refractivity contribution < 1.29 is 0 Å². The van der Waals surface area contributed by atoms with Gasteiger partial charge in [-0.15, -0.1) is 0 Å². The van der Waals surface area contributed by atoms with Gasteiger partial charge in [0.15, 0.2) is 0 Å². The van der Waals surface area contributed by atoms with Gasteiger partial charge >= 0.3 is 0 Å². The lowest BCUT2D eigenvalue weighted by Crippen LogP contribution is -1.83. The van der Waals surface area contributed by atoms with Crippen molar-refractivity contribution in [2.24, 2.45) is 0 Å². The van der Waals surface area contributed by atoms with Crippen molar-refractivity contribution >= 4 is 32.3 Å². The molecule has 18 heavy (non-hydrogen) atoms. The first-order valence-electron chi connectivity index (χ1n) is 5.94. The zero-order valence-electron chi connectivity index (χ0n) is 9.67. The van der Waals surface area contributed by atoms with Crippen LogP contribution in [0.5, 0.6) is 0 Å². The highest BCUT2D eigenvalue weighted by Crippen LogP contribution is 2.30. The first-order valence-corrected chi connectivity index (χ1v) is 5.94. The SMILES string of the molecule is c1ccc2c(c1)ccc1c3cnncc3ccc21. The van der Waals surface area contributed by atoms with Crippen LogP contribution in [0.3, 0.4) is 0 Å². The summed E-state index contributed by atoms with van der Waals surface area (Å²) in [5.41, 5.74) is 0. The average Bonchev–Trinajstić information content (AvgIpc) is 2.46. The van der Waals surface area contributed by atoms with E-state index < -0.39 is 0 Å². The number of nitrogens with zero attached hydrogens (tertiary/aromatic N) is 2. The summed E-state index contributed by atoms with van der Waals surface area (Å²) >= 11 is 0. The number of rotatable bonds is 0. The molecule has 0 aliphatic carbocycles. The summed E-state index contributed by atoms with van der Waals surface area (Å²) in [6.45, 7) is 0. The number of hydrogen-bond acceptors (Lipinski definition) is 2. The van der Waals surface area contributed by atoms with Crippen molar-refractivity contribution in [3.05, 3.63) is 60.9 Å². The van der Waals surface area contributed by atoms with Crippen LogP contribution in [0.2, 0.25) is 0 Å². The first kappa shape index (κ1) is 9.54. The summed E-state index contributed by atoms with van der Waals surface area (Å²) in [6, 6.07) is 17.1. The van der Waals surface area contributed by atoms with Crippen LogP contribution in [0, 0.1) is 0 Å².